The van der Waals surface area contributed by atoms with Crippen LogP contribution in [0.4, 0.5) is 0 Å². The summed E-state index contributed by atoms with van der Waals surface area (Å²) in [6.45, 7) is 6.64. The maximum Gasteiger partial charge on any atom is 0.0662 e. The van der Waals surface area contributed by atoms with Crippen LogP contribution in [0.3, 0.4) is 0 Å². The molecule has 1 aliphatic rings. The van der Waals surface area contributed by atoms with Gasteiger partial charge in [0.05, 0.1) is 5.60 Å². The van der Waals surface area contributed by atoms with E-state index in [-0.39, 0.29) is 5.60 Å². The lowest BCUT2D eigenvalue weighted by molar-refractivity contribution is 0.0232. The van der Waals surface area contributed by atoms with Crippen LogP contribution >= 0.6 is 0 Å². The van der Waals surface area contributed by atoms with Gasteiger partial charge in [-0.3, -0.25) is 0 Å². The Morgan fingerprint density at radius 1 is 1.21 bits per heavy atom. The summed E-state index contributed by atoms with van der Waals surface area (Å²) >= 11 is 0. The molecule has 0 bridgehead atoms. The number of nitrogens with one attached hydrogen (secondary N) is 1. The molecule has 2 nitrogen and oxygen atoms in total. The van der Waals surface area contributed by atoms with Crippen molar-refractivity contribution >= 4 is 0 Å². The quantitative estimate of drug-likeness (QED) is 0.879. The molecule has 1 fully saturated rings. The number of benzene rings is 1. The molecular formula is C17H27NO. The van der Waals surface area contributed by atoms with Crippen molar-refractivity contribution in [2.45, 2.75) is 45.1 Å². The summed E-state index contributed by atoms with van der Waals surface area (Å²) in [6, 6.07) is 9.09. The second-order valence-corrected chi connectivity index (χ2v) is 6.37. The van der Waals surface area contributed by atoms with E-state index >= 15 is 0 Å². The molecule has 0 radical (unpaired) electrons. The lowest BCUT2D eigenvalue weighted by atomic mass is 9.91. The fraction of sp³-hybridized carbons (Fsp3) is 0.647. The maximum atomic E-state index is 5.49. The van der Waals surface area contributed by atoms with E-state index in [9.17, 15) is 0 Å². The molecular weight excluding hydrogens is 234 g/mol. The minimum absolute atomic E-state index is 0.0746. The van der Waals surface area contributed by atoms with Crippen LogP contribution in [0.2, 0.25) is 0 Å². The Balaban J connectivity index is 1.90. The van der Waals surface area contributed by atoms with Gasteiger partial charge >= 0.3 is 0 Å². The van der Waals surface area contributed by atoms with E-state index in [1.165, 1.54) is 43.5 Å². The first kappa shape index (κ1) is 14.5. The Hall–Kier alpha value is -0.860. The van der Waals surface area contributed by atoms with Crippen LogP contribution in [0.15, 0.2) is 24.3 Å². The fourth-order valence-electron chi connectivity index (χ4n) is 2.79. The van der Waals surface area contributed by atoms with E-state index < -0.39 is 0 Å². The molecule has 1 saturated heterocycles. The van der Waals surface area contributed by atoms with E-state index in [4.69, 9.17) is 4.74 Å². The monoisotopic (exact) mass is 261 g/mol. The van der Waals surface area contributed by atoms with Crippen molar-refractivity contribution in [1.29, 1.82) is 0 Å². The minimum atomic E-state index is -0.0746. The number of piperidine rings is 1. The van der Waals surface area contributed by atoms with E-state index in [1.54, 1.807) is 7.11 Å². The predicted molar refractivity (Wildman–Crippen MR) is 80.5 cm³/mol. The van der Waals surface area contributed by atoms with Crippen LogP contribution in [-0.2, 0) is 17.6 Å². The van der Waals surface area contributed by atoms with Gasteiger partial charge in [0.15, 0.2) is 0 Å². The average molecular weight is 261 g/mol. The van der Waals surface area contributed by atoms with Gasteiger partial charge in [0.25, 0.3) is 0 Å². The Morgan fingerprint density at radius 2 is 1.89 bits per heavy atom. The van der Waals surface area contributed by atoms with Gasteiger partial charge in [-0.15, -0.1) is 0 Å². The standard InChI is InChI=1S/C17H27NO/c1-17(2,19-3)12-15-8-6-14(7-9-15)11-16-5-4-10-18-13-16/h6-9,16,18H,4-5,10-13H2,1-3H3. The van der Waals surface area contributed by atoms with Gasteiger partial charge < -0.3 is 10.1 Å². The summed E-state index contributed by atoms with van der Waals surface area (Å²) in [6.07, 6.45) is 4.87. The summed E-state index contributed by atoms with van der Waals surface area (Å²) in [5.74, 6) is 0.815. The molecule has 0 aliphatic carbocycles. The zero-order valence-corrected chi connectivity index (χ0v) is 12.5. The van der Waals surface area contributed by atoms with Gasteiger partial charge in [-0.1, -0.05) is 24.3 Å². The van der Waals surface area contributed by atoms with Crippen LogP contribution in [0.25, 0.3) is 0 Å². The van der Waals surface area contributed by atoms with Crippen molar-refractivity contribution < 1.29 is 4.74 Å². The number of ether oxygens (including phenoxy) is 1. The normalized spacial score (nSPS) is 20.5. The average Bonchev–Trinajstić information content (AvgIpc) is 2.42. The molecule has 1 heterocycles. The van der Waals surface area contributed by atoms with Crippen molar-refractivity contribution in [2.24, 2.45) is 5.92 Å². The van der Waals surface area contributed by atoms with Gasteiger partial charge in [-0.05, 0) is 63.2 Å². The smallest absolute Gasteiger partial charge is 0.0662 e. The fourth-order valence-corrected chi connectivity index (χ4v) is 2.79. The highest BCUT2D eigenvalue weighted by Crippen LogP contribution is 2.19. The summed E-state index contributed by atoms with van der Waals surface area (Å²) < 4.78 is 5.49. The SMILES string of the molecule is COC(C)(C)Cc1ccc(CC2CCCNC2)cc1. The molecule has 1 N–H and O–H groups in total. The van der Waals surface area contributed by atoms with Crippen LogP contribution in [-0.4, -0.2) is 25.8 Å². The Kier molecular flexibility index (Phi) is 5.00. The van der Waals surface area contributed by atoms with E-state index in [1.807, 2.05) is 0 Å². The Morgan fingerprint density at radius 3 is 2.47 bits per heavy atom. The molecule has 106 valence electrons. The van der Waals surface area contributed by atoms with Gasteiger partial charge in [0, 0.05) is 13.5 Å². The summed E-state index contributed by atoms with van der Waals surface area (Å²) in [5.41, 5.74) is 2.75. The van der Waals surface area contributed by atoms with Crippen molar-refractivity contribution in [2.75, 3.05) is 20.2 Å². The highest BCUT2D eigenvalue weighted by Gasteiger charge is 2.17. The molecule has 1 atom stereocenters. The lowest BCUT2D eigenvalue weighted by Crippen LogP contribution is -2.30. The van der Waals surface area contributed by atoms with Gasteiger partial charge in [-0.25, -0.2) is 0 Å². The number of hydrogen-bond acceptors (Lipinski definition) is 2. The second-order valence-electron chi connectivity index (χ2n) is 6.37. The molecule has 0 spiro atoms. The number of rotatable bonds is 5. The third-order valence-electron chi connectivity index (χ3n) is 4.13. The molecule has 0 saturated carbocycles. The maximum absolute atomic E-state index is 5.49. The van der Waals surface area contributed by atoms with Gasteiger partial charge in [0.1, 0.15) is 0 Å². The predicted octanol–water partition coefficient (Wildman–Crippen LogP) is 3.20. The summed E-state index contributed by atoms with van der Waals surface area (Å²) in [7, 11) is 1.78. The van der Waals surface area contributed by atoms with Crippen LogP contribution in [0.1, 0.15) is 37.8 Å². The van der Waals surface area contributed by atoms with Crippen molar-refractivity contribution in [3.8, 4) is 0 Å². The zero-order valence-electron chi connectivity index (χ0n) is 12.5. The molecule has 0 amide bonds. The third-order valence-corrected chi connectivity index (χ3v) is 4.13. The number of hydrogen-bond donors (Lipinski definition) is 1. The first-order chi connectivity index (χ1) is 9.09. The summed E-state index contributed by atoms with van der Waals surface area (Å²) in [4.78, 5) is 0. The minimum Gasteiger partial charge on any atom is -0.378 e. The van der Waals surface area contributed by atoms with Crippen molar-refractivity contribution in [3.63, 3.8) is 0 Å². The van der Waals surface area contributed by atoms with Crippen LogP contribution in [0, 0.1) is 5.92 Å². The van der Waals surface area contributed by atoms with E-state index in [2.05, 4.69) is 43.4 Å². The van der Waals surface area contributed by atoms with Crippen LogP contribution < -0.4 is 5.32 Å². The first-order valence-electron chi connectivity index (χ1n) is 7.43. The third kappa shape index (κ3) is 4.63. The molecule has 19 heavy (non-hydrogen) atoms. The topological polar surface area (TPSA) is 21.3 Å². The first-order valence-corrected chi connectivity index (χ1v) is 7.43. The Bertz CT molecular complexity index is 377. The molecule has 1 aromatic rings. The molecule has 1 aliphatic heterocycles. The molecule has 0 aromatic heterocycles. The van der Waals surface area contributed by atoms with E-state index in [0.717, 1.165) is 12.3 Å². The molecule has 1 aromatic carbocycles. The molecule has 1 unspecified atom stereocenters. The van der Waals surface area contributed by atoms with Crippen LogP contribution in [0.5, 0.6) is 0 Å². The van der Waals surface area contributed by atoms with Crippen molar-refractivity contribution in [3.05, 3.63) is 35.4 Å². The van der Waals surface area contributed by atoms with Gasteiger partial charge in [0.2, 0.25) is 0 Å². The Labute approximate surface area is 117 Å². The van der Waals surface area contributed by atoms with Gasteiger partial charge in [-0.2, -0.15) is 0 Å². The highest BCUT2D eigenvalue weighted by molar-refractivity contribution is 5.24. The zero-order chi connectivity index (χ0) is 13.7. The lowest BCUT2D eigenvalue weighted by Gasteiger charge is -2.24. The highest BCUT2D eigenvalue weighted by atomic mass is 16.5. The number of methoxy groups -OCH3 is 1. The van der Waals surface area contributed by atoms with E-state index in [0.29, 0.717) is 0 Å². The van der Waals surface area contributed by atoms with Crippen molar-refractivity contribution in [1.82, 2.24) is 5.32 Å². The molecule has 2 heteroatoms. The second kappa shape index (κ2) is 6.53. The largest absolute Gasteiger partial charge is 0.378 e. The molecule has 2 rings (SSSR count). The summed E-state index contributed by atoms with van der Waals surface area (Å²) in [5, 5.41) is 3.49.